The predicted octanol–water partition coefficient (Wildman–Crippen LogP) is 6.35. The van der Waals surface area contributed by atoms with Gasteiger partial charge in [-0.3, -0.25) is 4.79 Å². The van der Waals surface area contributed by atoms with E-state index in [4.69, 9.17) is 26.5 Å². The summed E-state index contributed by atoms with van der Waals surface area (Å²) < 4.78 is 7.83. The van der Waals surface area contributed by atoms with Gasteiger partial charge in [-0.15, -0.1) is 0 Å². The number of aromatic nitrogens is 2. The summed E-state index contributed by atoms with van der Waals surface area (Å²) in [4.78, 5) is 11.1. The smallest absolute Gasteiger partial charge is 0.306 e. The Hall–Kier alpha value is -3.57. The van der Waals surface area contributed by atoms with Gasteiger partial charge >= 0.3 is 5.97 Å². The Morgan fingerprint density at radius 3 is 2.38 bits per heavy atom. The molecule has 0 spiro atoms. The number of benzene rings is 3. The zero-order valence-corrected chi connectivity index (χ0v) is 18.4. The summed E-state index contributed by atoms with van der Waals surface area (Å²) in [6.07, 6.45) is 0.424. The molecule has 6 heteroatoms. The molecule has 0 saturated heterocycles. The molecule has 0 fully saturated rings. The maximum Gasteiger partial charge on any atom is 0.306 e. The summed E-state index contributed by atoms with van der Waals surface area (Å²) >= 11 is 6.51. The lowest BCUT2D eigenvalue weighted by Gasteiger charge is -2.11. The van der Waals surface area contributed by atoms with Crippen LogP contribution in [0.15, 0.2) is 84.9 Å². The molecule has 5 nitrogen and oxygen atoms in total. The summed E-state index contributed by atoms with van der Waals surface area (Å²) in [5.74, 6) is -0.632. The van der Waals surface area contributed by atoms with E-state index in [0.29, 0.717) is 23.8 Å². The van der Waals surface area contributed by atoms with E-state index in [-0.39, 0.29) is 0 Å². The van der Waals surface area contributed by atoms with Crippen molar-refractivity contribution in [3.8, 4) is 34.0 Å². The van der Waals surface area contributed by atoms with Gasteiger partial charge in [0.2, 0.25) is 0 Å². The first-order valence-electron chi connectivity index (χ1n) is 10.4. The number of carboxylic acids is 1. The molecule has 0 unspecified atom stereocenters. The number of rotatable bonds is 8. The van der Waals surface area contributed by atoms with Gasteiger partial charge in [-0.05, 0) is 42.8 Å². The molecule has 0 amide bonds. The third-order valence-corrected chi connectivity index (χ3v) is 5.58. The van der Waals surface area contributed by atoms with Crippen LogP contribution in [-0.4, -0.2) is 27.5 Å². The zero-order valence-electron chi connectivity index (χ0n) is 17.6. The standard InChI is InChI=1S/C26H23ClN2O3/c1-18(26(30)31)15-16-32-25-14-8-6-12-21(25)23-17-24(20-11-5-7-13-22(20)27)29(28-23)19-9-3-2-4-10-19/h2-14,17-18H,15-16H2,1H3,(H,30,31)/t18-/m0/s1. The number of halogens is 1. The Labute approximate surface area is 191 Å². The molecule has 0 aliphatic heterocycles. The van der Waals surface area contributed by atoms with Gasteiger partial charge in [-0.25, -0.2) is 4.68 Å². The molecule has 32 heavy (non-hydrogen) atoms. The fourth-order valence-corrected chi connectivity index (χ4v) is 3.65. The third kappa shape index (κ3) is 4.68. The van der Waals surface area contributed by atoms with Crippen LogP contribution in [0.5, 0.6) is 5.75 Å². The second-order valence-electron chi connectivity index (χ2n) is 7.51. The summed E-state index contributed by atoms with van der Waals surface area (Å²) in [5, 5.41) is 14.6. The lowest BCUT2D eigenvalue weighted by molar-refractivity contribution is -0.141. The van der Waals surface area contributed by atoms with Crippen LogP contribution >= 0.6 is 11.6 Å². The highest BCUT2D eigenvalue weighted by Gasteiger charge is 2.18. The molecule has 162 valence electrons. The Morgan fingerprint density at radius 2 is 1.66 bits per heavy atom. The Bertz CT molecular complexity index is 1220. The van der Waals surface area contributed by atoms with E-state index in [1.165, 1.54) is 0 Å². The first kappa shape index (κ1) is 21.7. The van der Waals surface area contributed by atoms with Crippen molar-refractivity contribution in [1.82, 2.24) is 9.78 Å². The first-order chi connectivity index (χ1) is 15.5. The highest BCUT2D eigenvalue weighted by Crippen LogP contribution is 2.36. The van der Waals surface area contributed by atoms with Crippen molar-refractivity contribution in [2.45, 2.75) is 13.3 Å². The van der Waals surface area contributed by atoms with Crippen molar-refractivity contribution in [1.29, 1.82) is 0 Å². The van der Waals surface area contributed by atoms with Crippen molar-refractivity contribution in [2.24, 2.45) is 5.92 Å². The molecule has 1 atom stereocenters. The van der Waals surface area contributed by atoms with Crippen LogP contribution < -0.4 is 4.74 Å². The molecule has 0 aliphatic carbocycles. The van der Waals surface area contributed by atoms with E-state index in [1.54, 1.807) is 6.92 Å². The fraction of sp³-hybridized carbons (Fsp3) is 0.154. The average molecular weight is 447 g/mol. The molecule has 4 aromatic rings. The molecule has 4 rings (SSSR count). The van der Waals surface area contributed by atoms with E-state index in [0.717, 1.165) is 28.2 Å². The maximum atomic E-state index is 11.1. The Morgan fingerprint density at radius 1 is 1.00 bits per heavy atom. The average Bonchev–Trinajstić information content (AvgIpc) is 3.25. The monoisotopic (exact) mass is 446 g/mol. The second kappa shape index (κ2) is 9.71. The molecule has 3 aromatic carbocycles. The van der Waals surface area contributed by atoms with Crippen molar-refractivity contribution in [3.63, 3.8) is 0 Å². The van der Waals surface area contributed by atoms with Gasteiger partial charge in [0.15, 0.2) is 0 Å². The normalized spacial score (nSPS) is 11.8. The highest BCUT2D eigenvalue weighted by atomic mass is 35.5. The third-order valence-electron chi connectivity index (χ3n) is 5.25. The van der Waals surface area contributed by atoms with Crippen LogP contribution in [0.1, 0.15) is 13.3 Å². The van der Waals surface area contributed by atoms with Crippen molar-refractivity contribution >= 4 is 17.6 Å². The second-order valence-corrected chi connectivity index (χ2v) is 7.92. The van der Waals surface area contributed by atoms with Gasteiger partial charge in [0.05, 0.1) is 29.6 Å². The lowest BCUT2D eigenvalue weighted by atomic mass is 10.1. The van der Waals surface area contributed by atoms with Crippen molar-refractivity contribution < 1.29 is 14.6 Å². The molecular formula is C26H23ClN2O3. The molecule has 0 radical (unpaired) electrons. The van der Waals surface area contributed by atoms with Gasteiger partial charge in [0.25, 0.3) is 0 Å². The minimum absolute atomic E-state index is 0.307. The van der Waals surface area contributed by atoms with Crippen molar-refractivity contribution in [2.75, 3.05) is 6.61 Å². The van der Waals surface area contributed by atoms with E-state index in [9.17, 15) is 4.79 Å². The molecule has 0 bridgehead atoms. The van der Waals surface area contributed by atoms with E-state index in [1.807, 2.05) is 89.6 Å². The van der Waals surface area contributed by atoms with Crippen LogP contribution in [0.4, 0.5) is 0 Å². The minimum Gasteiger partial charge on any atom is -0.493 e. The van der Waals surface area contributed by atoms with Gasteiger partial charge < -0.3 is 9.84 Å². The molecule has 0 saturated carbocycles. The number of hydrogen-bond acceptors (Lipinski definition) is 3. The van der Waals surface area contributed by atoms with Crippen LogP contribution in [-0.2, 0) is 4.79 Å². The number of hydrogen-bond donors (Lipinski definition) is 1. The fourth-order valence-electron chi connectivity index (χ4n) is 3.41. The number of para-hydroxylation sites is 2. The largest absolute Gasteiger partial charge is 0.493 e. The number of ether oxygens (including phenoxy) is 1. The molecule has 0 aliphatic rings. The number of nitrogens with zero attached hydrogens (tertiary/aromatic N) is 2. The van der Waals surface area contributed by atoms with Crippen molar-refractivity contribution in [3.05, 3.63) is 90.0 Å². The van der Waals surface area contributed by atoms with E-state index < -0.39 is 11.9 Å². The summed E-state index contributed by atoms with van der Waals surface area (Å²) in [5.41, 5.74) is 4.24. The maximum absolute atomic E-state index is 11.1. The predicted molar refractivity (Wildman–Crippen MR) is 126 cm³/mol. The van der Waals surface area contributed by atoms with Crippen LogP contribution in [0, 0.1) is 5.92 Å². The van der Waals surface area contributed by atoms with E-state index in [2.05, 4.69) is 0 Å². The van der Waals surface area contributed by atoms with E-state index >= 15 is 0 Å². The number of carboxylic acid groups (broad SMARTS) is 1. The number of carbonyl (C=O) groups is 1. The van der Waals surface area contributed by atoms with Crippen LogP contribution in [0.2, 0.25) is 5.02 Å². The van der Waals surface area contributed by atoms with Crippen LogP contribution in [0.25, 0.3) is 28.2 Å². The Kier molecular flexibility index (Phi) is 6.57. The summed E-state index contributed by atoms with van der Waals surface area (Å²) in [6, 6.07) is 27.2. The van der Waals surface area contributed by atoms with Gasteiger partial charge in [-0.2, -0.15) is 5.10 Å². The van der Waals surface area contributed by atoms with Crippen LogP contribution in [0.3, 0.4) is 0 Å². The molecular weight excluding hydrogens is 424 g/mol. The summed E-state index contributed by atoms with van der Waals surface area (Å²) in [7, 11) is 0. The first-order valence-corrected chi connectivity index (χ1v) is 10.8. The molecule has 1 heterocycles. The minimum atomic E-state index is -0.826. The summed E-state index contributed by atoms with van der Waals surface area (Å²) in [6.45, 7) is 1.98. The highest BCUT2D eigenvalue weighted by molar-refractivity contribution is 6.33. The quantitative estimate of drug-likeness (QED) is 0.342. The number of aliphatic carboxylic acids is 1. The van der Waals surface area contributed by atoms with Gasteiger partial charge in [-0.1, -0.05) is 67.1 Å². The molecule has 1 N–H and O–H groups in total. The topological polar surface area (TPSA) is 64.4 Å². The lowest BCUT2D eigenvalue weighted by Crippen LogP contribution is -2.13. The molecule has 1 aromatic heterocycles. The SMILES string of the molecule is C[C@@H](CCOc1ccccc1-c1cc(-c2ccccc2Cl)n(-c2ccccc2)n1)C(=O)O. The van der Waals surface area contributed by atoms with Gasteiger partial charge in [0, 0.05) is 16.1 Å². The van der Waals surface area contributed by atoms with Gasteiger partial charge in [0.1, 0.15) is 5.75 Å². The Balaban J connectivity index is 1.74. The zero-order chi connectivity index (χ0) is 22.5.